The molecule has 0 saturated carbocycles. The van der Waals surface area contributed by atoms with Crippen molar-refractivity contribution in [1.82, 2.24) is 47.9 Å². The molecule has 80 heavy (non-hydrogen) atoms. The topological polar surface area (TPSA) is 457 Å². The zero-order valence-corrected chi connectivity index (χ0v) is 45.2. The quantitative estimate of drug-likeness (QED) is 0.0335. The van der Waals surface area contributed by atoms with Gasteiger partial charge in [0.25, 0.3) is 0 Å². The summed E-state index contributed by atoms with van der Waals surface area (Å²) in [4.78, 5) is 169. The molecular weight excluding hydrogens is 1050 g/mol. The van der Waals surface area contributed by atoms with Crippen LogP contribution in [0.2, 0.25) is 0 Å². The van der Waals surface area contributed by atoms with E-state index in [2.05, 4.69) is 47.9 Å². The Balaban J connectivity index is 2.38. The lowest BCUT2D eigenvalue weighted by Crippen LogP contribution is -2.61. The van der Waals surface area contributed by atoms with Crippen LogP contribution >= 0.6 is 0 Å². The lowest BCUT2D eigenvalue weighted by Gasteiger charge is -2.27. The highest BCUT2D eigenvalue weighted by Gasteiger charge is 2.36. The minimum atomic E-state index is -1.94. The monoisotopic (exact) mass is 1130 g/mol. The molecule has 0 bridgehead atoms. The van der Waals surface area contributed by atoms with Crippen LogP contribution < -0.4 is 53.6 Å². The van der Waals surface area contributed by atoms with Crippen molar-refractivity contribution in [2.24, 2.45) is 17.6 Å². The van der Waals surface area contributed by atoms with Gasteiger partial charge in [-0.3, -0.25) is 62.3 Å². The molecule has 0 radical (unpaired) electrons. The SMILES string of the molecule is CC(=O)N[C@@H](CC(C)C)C(=O)N[C@@H](CC(=O)O)C(=O)N[C@@H](CCC(=O)O)C(=O)N[C@@H](CCC(=O)O)C(=O)N[C@H](C(=O)NCC(=O)N[C@@H](Cc1ccc(O)cc1)C(=O)N[C@@H](Cc1ccccc1)C(=O)N[C@@H](CC(C)C)C(N)=O)[C@@H](C)O. The summed E-state index contributed by atoms with van der Waals surface area (Å²) < 4.78 is 0. The second kappa shape index (κ2) is 33.6. The van der Waals surface area contributed by atoms with Crippen LogP contribution in [0.25, 0.3) is 0 Å². The Hall–Kier alpha value is -8.69. The Morgan fingerprint density at radius 2 is 0.887 bits per heavy atom. The molecule has 0 aliphatic rings. The summed E-state index contributed by atoms with van der Waals surface area (Å²) in [7, 11) is 0. The molecule has 0 aromatic heterocycles. The van der Waals surface area contributed by atoms with Crippen molar-refractivity contribution >= 4 is 77.0 Å². The van der Waals surface area contributed by atoms with Gasteiger partial charge in [0.15, 0.2) is 0 Å². The van der Waals surface area contributed by atoms with Crippen LogP contribution in [-0.2, 0) is 75.2 Å². The lowest BCUT2D eigenvalue weighted by atomic mass is 10.0. The van der Waals surface area contributed by atoms with Gasteiger partial charge in [-0.1, -0.05) is 70.2 Å². The number of phenolic OH excluding ortho intramolecular Hbond substituents is 1. The van der Waals surface area contributed by atoms with Crippen LogP contribution in [0.1, 0.15) is 97.6 Å². The summed E-state index contributed by atoms with van der Waals surface area (Å²) >= 11 is 0. The summed E-state index contributed by atoms with van der Waals surface area (Å²) in [6.45, 7) is 8.32. The number of hydrogen-bond acceptors (Lipinski definition) is 15. The summed E-state index contributed by atoms with van der Waals surface area (Å²) in [6.07, 6.45) is -5.90. The van der Waals surface area contributed by atoms with Crippen LogP contribution in [0.3, 0.4) is 0 Å². The standard InChI is InChI=1S/C52H74N10O18/c1-26(2)20-35(45(53)73)59-50(78)38(22-30-10-8-7-9-11-30)60-49(77)37(23-31-12-14-32(65)15-13-31)56-40(66)25-54-52(80)44(28(5)63)62-47(75)34(17-19-42(69)70)57-46(74)33(16-18-41(67)68)58-51(79)39(24-43(71)72)61-48(76)36(21-27(3)4)55-29(6)64/h7-15,26-28,33-39,44,63,65H,16-25H2,1-6H3,(H2,53,73)(H,54,80)(H,55,64)(H,56,66)(H,57,74)(H,58,79)(H,59,78)(H,60,77)(H,61,76)(H,62,75)(H,67,68)(H,69,70)(H,71,72)/t28-,33+,34+,35+,36+,37+,38+,39+,44+/m1/s1. The largest absolute Gasteiger partial charge is 0.508 e. The molecule has 9 atom stereocenters. The first-order valence-electron chi connectivity index (χ1n) is 25.6. The van der Waals surface area contributed by atoms with Gasteiger partial charge in [0.2, 0.25) is 59.1 Å². The highest BCUT2D eigenvalue weighted by atomic mass is 16.4. The second-order valence-electron chi connectivity index (χ2n) is 19.8. The third kappa shape index (κ3) is 25.6. The Labute approximate surface area is 460 Å². The van der Waals surface area contributed by atoms with Crippen LogP contribution in [0.5, 0.6) is 5.75 Å². The maximum atomic E-state index is 14.1. The first kappa shape index (κ1) is 67.4. The molecule has 2 aromatic rings. The number of carboxylic acid groups (broad SMARTS) is 3. The van der Waals surface area contributed by atoms with E-state index >= 15 is 0 Å². The number of carbonyl (C=O) groups excluding carboxylic acids is 10. The van der Waals surface area contributed by atoms with E-state index in [1.807, 2.05) is 13.8 Å². The molecule has 0 heterocycles. The van der Waals surface area contributed by atoms with Crippen molar-refractivity contribution in [3.63, 3.8) is 0 Å². The molecule has 10 amide bonds. The van der Waals surface area contributed by atoms with Gasteiger partial charge >= 0.3 is 17.9 Å². The summed E-state index contributed by atoms with van der Waals surface area (Å²) in [5.41, 5.74) is 6.60. The number of aliphatic hydroxyl groups is 1. The van der Waals surface area contributed by atoms with Crippen LogP contribution in [0, 0.1) is 11.8 Å². The molecule has 0 saturated heterocycles. The van der Waals surface area contributed by atoms with E-state index in [0.717, 1.165) is 13.8 Å². The van der Waals surface area contributed by atoms with E-state index in [1.54, 1.807) is 44.2 Å². The zero-order valence-electron chi connectivity index (χ0n) is 45.2. The van der Waals surface area contributed by atoms with Crippen LogP contribution in [0.4, 0.5) is 0 Å². The Kier molecular flexibility index (Phi) is 28.3. The molecule has 28 heteroatoms. The smallest absolute Gasteiger partial charge is 0.305 e. The number of rotatable bonds is 35. The van der Waals surface area contributed by atoms with Crippen molar-refractivity contribution in [3.05, 3.63) is 65.7 Å². The van der Waals surface area contributed by atoms with Gasteiger partial charge in [-0.25, -0.2) is 0 Å². The molecule has 2 aromatic carbocycles. The molecule has 440 valence electrons. The number of aromatic hydroxyl groups is 1. The van der Waals surface area contributed by atoms with E-state index in [1.165, 1.54) is 24.3 Å². The van der Waals surface area contributed by atoms with E-state index in [-0.39, 0.29) is 43.3 Å². The molecule has 0 fully saturated rings. The summed E-state index contributed by atoms with van der Waals surface area (Å²) in [5, 5.41) is 70.0. The third-order valence-corrected chi connectivity index (χ3v) is 11.8. The molecule has 0 aliphatic carbocycles. The van der Waals surface area contributed by atoms with Gasteiger partial charge in [-0.05, 0) is 67.7 Å². The van der Waals surface area contributed by atoms with Crippen molar-refractivity contribution in [2.75, 3.05) is 6.54 Å². The fourth-order valence-electron chi connectivity index (χ4n) is 7.80. The molecule has 28 nitrogen and oxygen atoms in total. The number of nitrogens with two attached hydrogens (primary N) is 1. The number of primary amides is 1. The fraction of sp³-hybridized carbons (Fsp3) is 0.519. The Morgan fingerprint density at radius 3 is 1.35 bits per heavy atom. The van der Waals surface area contributed by atoms with Crippen molar-refractivity contribution in [1.29, 1.82) is 0 Å². The molecule has 0 spiro atoms. The number of benzene rings is 2. The number of carboxylic acids is 3. The second-order valence-corrected chi connectivity index (χ2v) is 19.8. The van der Waals surface area contributed by atoms with Crippen molar-refractivity contribution in [3.8, 4) is 5.75 Å². The number of amides is 10. The van der Waals surface area contributed by atoms with Gasteiger partial charge in [-0.15, -0.1) is 0 Å². The maximum absolute atomic E-state index is 14.1. The predicted molar refractivity (Wildman–Crippen MR) is 282 cm³/mol. The third-order valence-electron chi connectivity index (χ3n) is 11.8. The van der Waals surface area contributed by atoms with Crippen molar-refractivity contribution in [2.45, 2.75) is 154 Å². The molecule has 0 unspecified atom stereocenters. The van der Waals surface area contributed by atoms with E-state index in [9.17, 15) is 87.9 Å². The normalized spacial score (nSPS) is 14.4. The van der Waals surface area contributed by atoms with Gasteiger partial charge in [0.1, 0.15) is 54.1 Å². The number of carbonyl (C=O) groups is 13. The molecule has 0 aliphatic heterocycles. The average Bonchev–Trinajstić information content (AvgIpc) is 3.36. The van der Waals surface area contributed by atoms with Gasteiger partial charge in [0.05, 0.1) is 19.1 Å². The van der Waals surface area contributed by atoms with E-state index in [0.29, 0.717) is 11.1 Å². The highest BCUT2D eigenvalue weighted by molar-refractivity contribution is 5.99. The number of phenols is 1. The minimum absolute atomic E-state index is 0.0630. The number of aliphatic carboxylic acids is 3. The number of hydrogen-bond donors (Lipinski definition) is 15. The first-order chi connectivity index (χ1) is 37.4. The molecular formula is C52H74N10O18. The van der Waals surface area contributed by atoms with Gasteiger partial charge in [0, 0.05) is 32.6 Å². The molecule has 16 N–H and O–H groups in total. The van der Waals surface area contributed by atoms with E-state index < -0.39 is 170 Å². The van der Waals surface area contributed by atoms with Gasteiger partial charge < -0.3 is 79.1 Å². The number of aliphatic hydroxyl groups excluding tert-OH is 1. The number of nitrogens with one attached hydrogen (secondary N) is 9. The predicted octanol–water partition coefficient (Wildman–Crippen LogP) is -2.65. The van der Waals surface area contributed by atoms with E-state index in [4.69, 9.17) is 5.73 Å². The molecule has 2 rings (SSSR count). The Morgan fingerprint density at radius 1 is 0.475 bits per heavy atom. The maximum Gasteiger partial charge on any atom is 0.305 e. The first-order valence-corrected chi connectivity index (χ1v) is 25.6. The summed E-state index contributed by atoms with van der Waals surface area (Å²) in [5.74, 6) is -15.1. The highest BCUT2D eigenvalue weighted by Crippen LogP contribution is 2.14. The fourth-order valence-corrected chi connectivity index (χ4v) is 7.80. The minimum Gasteiger partial charge on any atom is -0.508 e. The lowest BCUT2D eigenvalue weighted by molar-refractivity contribution is -0.142. The summed E-state index contributed by atoms with van der Waals surface area (Å²) in [6, 6.07) is 1.32. The van der Waals surface area contributed by atoms with Crippen LogP contribution in [0.15, 0.2) is 54.6 Å². The van der Waals surface area contributed by atoms with Crippen molar-refractivity contribution < 1.29 is 87.9 Å². The average molecular weight is 1130 g/mol. The van der Waals surface area contributed by atoms with Gasteiger partial charge in [-0.2, -0.15) is 0 Å². The van der Waals surface area contributed by atoms with Crippen LogP contribution in [-0.4, -0.2) is 163 Å². The Bertz CT molecular complexity index is 2510. The zero-order chi connectivity index (χ0) is 60.4.